The second-order valence-corrected chi connectivity index (χ2v) is 5.07. The zero-order valence-corrected chi connectivity index (χ0v) is 16.2. The average molecular weight is 428 g/mol. The maximum Gasteiger partial charge on any atom is 0.191 e. The van der Waals surface area contributed by atoms with Crippen molar-refractivity contribution in [3.05, 3.63) is 47.5 Å². The molecular formula is C16H25IN6. The second-order valence-electron chi connectivity index (χ2n) is 5.07. The molecule has 0 atom stereocenters. The highest BCUT2D eigenvalue weighted by Crippen LogP contribution is 2.05. The summed E-state index contributed by atoms with van der Waals surface area (Å²) in [7, 11) is 1.78. The van der Waals surface area contributed by atoms with Crippen molar-refractivity contribution in [1.82, 2.24) is 25.4 Å². The lowest BCUT2D eigenvalue weighted by molar-refractivity contribution is 0.632. The van der Waals surface area contributed by atoms with E-state index in [1.165, 1.54) is 11.1 Å². The van der Waals surface area contributed by atoms with Crippen LogP contribution in [0.25, 0.3) is 0 Å². The van der Waals surface area contributed by atoms with E-state index < -0.39 is 0 Å². The van der Waals surface area contributed by atoms with Gasteiger partial charge in [-0.2, -0.15) is 0 Å². The Balaban J connectivity index is 0.00000264. The third-order valence-electron chi connectivity index (χ3n) is 3.59. The minimum atomic E-state index is 0. The first-order chi connectivity index (χ1) is 10.7. The molecule has 7 heteroatoms. The van der Waals surface area contributed by atoms with Crippen molar-refractivity contribution >= 4 is 29.9 Å². The molecule has 2 rings (SSSR count). The van der Waals surface area contributed by atoms with Gasteiger partial charge in [-0.05, 0) is 18.1 Å². The van der Waals surface area contributed by atoms with Crippen LogP contribution in [0.5, 0.6) is 0 Å². The number of nitrogens with zero attached hydrogens (tertiary/aromatic N) is 4. The second kappa shape index (κ2) is 10.2. The summed E-state index contributed by atoms with van der Waals surface area (Å²) in [6.45, 7) is 6.56. The van der Waals surface area contributed by atoms with E-state index in [1.54, 1.807) is 13.4 Å². The SMILES string of the molecule is CCc1nncn1CCNC(=NC)NCc1ccccc1C.I. The zero-order chi connectivity index (χ0) is 15.8. The number of guanidine groups is 1. The molecule has 6 nitrogen and oxygen atoms in total. The summed E-state index contributed by atoms with van der Waals surface area (Å²) in [5.41, 5.74) is 2.56. The quantitative estimate of drug-likeness (QED) is 0.421. The molecule has 126 valence electrons. The lowest BCUT2D eigenvalue weighted by Crippen LogP contribution is -2.38. The van der Waals surface area contributed by atoms with Crippen molar-refractivity contribution in [1.29, 1.82) is 0 Å². The van der Waals surface area contributed by atoms with Crippen LogP contribution < -0.4 is 10.6 Å². The molecule has 0 aliphatic carbocycles. The first kappa shape index (κ1) is 19.4. The largest absolute Gasteiger partial charge is 0.355 e. The molecular weight excluding hydrogens is 403 g/mol. The van der Waals surface area contributed by atoms with Gasteiger partial charge in [-0.15, -0.1) is 34.2 Å². The maximum absolute atomic E-state index is 4.25. The molecule has 2 N–H and O–H groups in total. The number of aliphatic imine (C=N–C) groups is 1. The first-order valence-corrected chi connectivity index (χ1v) is 7.60. The van der Waals surface area contributed by atoms with Gasteiger partial charge in [-0.1, -0.05) is 31.2 Å². The first-order valence-electron chi connectivity index (χ1n) is 7.60. The van der Waals surface area contributed by atoms with E-state index in [4.69, 9.17) is 0 Å². The zero-order valence-electron chi connectivity index (χ0n) is 13.9. The Kier molecular flexibility index (Phi) is 8.60. The van der Waals surface area contributed by atoms with Crippen molar-refractivity contribution in [3.8, 4) is 0 Å². The predicted molar refractivity (Wildman–Crippen MR) is 104 cm³/mol. The highest BCUT2D eigenvalue weighted by Gasteiger charge is 2.03. The van der Waals surface area contributed by atoms with Gasteiger partial charge in [0.2, 0.25) is 0 Å². The topological polar surface area (TPSA) is 67.1 Å². The molecule has 0 unspecified atom stereocenters. The van der Waals surface area contributed by atoms with Crippen LogP contribution in [0, 0.1) is 6.92 Å². The van der Waals surface area contributed by atoms with Crippen LogP contribution in [-0.4, -0.2) is 34.3 Å². The average Bonchev–Trinajstić information content (AvgIpc) is 2.99. The number of hydrogen-bond acceptors (Lipinski definition) is 3. The van der Waals surface area contributed by atoms with Gasteiger partial charge in [0.05, 0.1) is 0 Å². The third kappa shape index (κ3) is 5.81. The van der Waals surface area contributed by atoms with Crippen molar-refractivity contribution in [2.45, 2.75) is 33.4 Å². The molecule has 0 aliphatic rings. The molecule has 23 heavy (non-hydrogen) atoms. The molecule has 0 spiro atoms. The Morgan fingerprint density at radius 3 is 2.74 bits per heavy atom. The van der Waals surface area contributed by atoms with Crippen molar-refractivity contribution in [3.63, 3.8) is 0 Å². The van der Waals surface area contributed by atoms with E-state index in [0.717, 1.165) is 37.8 Å². The van der Waals surface area contributed by atoms with Crippen molar-refractivity contribution in [2.75, 3.05) is 13.6 Å². The number of benzene rings is 1. The Morgan fingerprint density at radius 2 is 2.04 bits per heavy atom. The summed E-state index contributed by atoms with van der Waals surface area (Å²) in [6, 6.07) is 8.35. The summed E-state index contributed by atoms with van der Waals surface area (Å²) in [5.74, 6) is 1.80. The lowest BCUT2D eigenvalue weighted by atomic mass is 10.1. The molecule has 0 saturated carbocycles. The third-order valence-corrected chi connectivity index (χ3v) is 3.59. The van der Waals surface area contributed by atoms with Gasteiger partial charge in [-0.3, -0.25) is 4.99 Å². The van der Waals surface area contributed by atoms with Crippen LogP contribution in [0.1, 0.15) is 23.9 Å². The fraction of sp³-hybridized carbons (Fsp3) is 0.438. The Hall–Kier alpha value is -1.64. The number of halogens is 1. The number of aromatic nitrogens is 3. The normalized spacial score (nSPS) is 11.0. The smallest absolute Gasteiger partial charge is 0.191 e. The molecule has 2 aromatic rings. The van der Waals surface area contributed by atoms with Crippen molar-refractivity contribution < 1.29 is 0 Å². The number of aryl methyl sites for hydroxylation is 2. The van der Waals surface area contributed by atoms with E-state index >= 15 is 0 Å². The Morgan fingerprint density at radius 1 is 1.26 bits per heavy atom. The Bertz CT molecular complexity index is 623. The fourth-order valence-corrected chi connectivity index (χ4v) is 2.24. The summed E-state index contributed by atoms with van der Waals surface area (Å²) in [4.78, 5) is 4.25. The molecule has 1 aromatic heterocycles. The van der Waals surface area contributed by atoms with E-state index in [-0.39, 0.29) is 24.0 Å². The Labute approximate surface area is 154 Å². The summed E-state index contributed by atoms with van der Waals surface area (Å²) in [5, 5.41) is 14.7. The maximum atomic E-state index is 4.25. The van der Waals surface area contributed by atoms with E-state index in [1.807, 2.05) is 0 Å². The van der Waals surface area contributed by atoms with E-state index in [0.29, 0.717) is 0 Å². The van der Waals surface area contributed by atoms with E-state index in [2.05, 4.69) is 68.5 Å². The van der Waals surface area contributed by atoms with E-state index in [9.17, 15) is 0 Å². The standard InChI is InChI=1S/C16H24N6.HI/c1-4-15-21-20-12-22(15)10-9-18-16(17-3)19-11-14-8-6-5-7-13(14)2;/h5-8,12H,4,9-11H2,1-3H3,(H2,17,18,19);1H. The molecule has 0 bridgehead atoms. The van der Waals surface area contributed by atoms with Crippen molar-refractivity contribution in [2.24, 2.45) is 4.99 Å². The summed E-state index contributed by atoms with van der Waals surface area (Å²) in [6.07, 6.45) is 2.66. The highest BCUT2D eigenvalue weighted by molar-refractivity contribution is 14.0. The predicted octanol–water partition coefficient (Wildman–Crippen LogP) is 2.13. The summed E-state index contributed by atoms with van der Waals surface area (Å²) >= 11 is 0. The van der Waals surface area contributed by atoms with Gasteiger partial charge < -0.3 is 15.2 Å². The molecule has 0 fully saturated rings. The van der Waals surface area contributed by atoms with Gasteiger partial charge in [-0.25, -0.2) is 0 Å². The number of rotatable bonds is 6. The van der Waals surface area contributed by atoms with Crippen LogP contribution in [-0.2, 0) is 19.5 Å². The molecule has 1 heterocycles. The fourth-order valence-electron chi connectivity index (χ4n) is 2.24. The van der Waals surface area contributed by atoms with Gasteiger partial charge in [0.1, 0.15) is 12.2 Å². The molecule has 0 saturated heterocycles. The number of nitrogens with one attached hydrogen (secondary N) is 2. The van der Waals surface area contributed by atoms with Gasteiger partial charge in [0.25, 0.3) is 0 Å². The van der Waals surface area contributed by atoms with Crippen LogP contribution in [0.2, 0.25) is 0 Å². The molecule has 1 aromatic carbocycles. The summed E-state index contributed by atoms with van der Waals surface area (Å²) < 4.78 is 2.06. The van der Waals surface area contributed by atoms with Crippen LogP contribution in [0.3, 0.4) is 0 Å². The van der Waals surface area contributed by atoms with Crippen LogP contribution in [0.4, 0.5) is 0 Å². The van der Waals surface area contributed by atoms with Gasteiger partial charge in [0.15, 0.2) is 5.96 Å². The van der Waals surface area contributed by atoms with Gasteiger partial charge >= 0.3 is 0 Å². The van der Waals surface area contributed by atoms with Crippen LogP contribution >= 0.6 is 24.0 Å². The number of hydrogen-bond donors (Lipinski definition) is 2. The lowest BCUT2D eigenvalue weighted by Gasteiger charge is -2.13. The monoisotopic (exact) mass is 428 g/mol. The van der Waals surface area contributed by atoms with Gasteiger partial charge in [0, 0.05) is 33.1 Å². The molecule has 0 aliphatic heterocycles. The minimum absolute atomic E-state index is 0. The highest BCUT2D eigenvalue weighted by atomic mass is 127. The molecule has 0 amide bonds. The van der Waals surface area contributed by atoms with Crippen LogP contribution in [0.15, 0.2) is 35.6 Å². The molecule has 0 radical (unpaired) electrons. The minimum Gasteiger partial charge on any atom is -0.355 e.